The van der Waals surface area contributed by atoms with Crippen molar-refractivity contribution in [1.29, 1.82) is 0 Å². The molecule has 2 aromatic rings. The largest absolute Gasteiger partial charge is 0.481 e. The molecule has 3 nitrogen and oxygen atoms in total. The minimum atomic E-state index is -0.438. The van der Waals surface area contributed by atoms with Crippen molar-refractivity contribution >= 4 is 5.91 Å². The molecule has 0 radical (unpaired) electrons. The summed E-state index contributed by atoms with van der Waals surface area (Å²) in [6.45, 7) is 6.86. The van der Waals surface area contributed by atoms with Crippen LogP contribution in [0.15, 0.2) is 48.5 Å². The van der Waals surface area contributed by atoms with E-state index in [4.69, 9.17) is 4.74 Å². The first-order chi connectivity index (χ1) is 12.1. The van der Waals surface area contributed by atoms with Gasteiger partial charge in [0.1, 0.15) is 5.75 Å². The molecule has 2 rings (SSSR count). The molecule has 0 aliphatic rings. The first-order valence-electron chi connectivity index (χ1n) is 9.21. The molecular weight excluding hydrogens is 310 g/mol. The van der Waals surface area contributed by atoms with Crippen molar-refractivity contribution in [3.63, 3.8) is 0 Å². The molecule has 1 N–H and O–H groups in total. The fourth-order valence-electron chi connectivity index (χ4n) is 2.78. The van der Waals surface area contributed by atoms with Crippen LogP contribution in [-0.4, -0.2) is 18.6 Å². The number of benzene rings is 2. The van der Waals surface area contributed by atoms with Crippen LogP contribution in [0.5, 0.6) is 5.75 Å². The predicted molar refractivity (Wildman–Crippen MR) is 103 cm³/mol. The highest BCUT2D eigenvalue weighted by Gasteiger charge is 2.17. The van der Waals surface area contributed by atoms with Gasteiger partial charge in [0.25, 0.3) is 5.91 Å². The van der Waals surface area contributed by atoms with E-state index in [1.807, 2.05) is 31.2 Å². The van der Waals surface area contributed by atoms with Gasteiger partial charge >= 0.3 is 0 Å². The molecule has 134 valence electrons. The Hall–Kier alpha value is -2.29. The molecule has 0 bridgehead atoms. The van der Waals surface area contributed by atoms with E-state index >= 15 is 0 Å². The van der Waals surface area contributed by atoms with Gasteiger partial charge in [-0.3, -0.25) is 4.79 Å². The second-order valence-corrected chi connectivity index (χ2v) is 6.40. The van der Waals surface area contributed by atoms with Gasteiger partial charge < -0.3 is 10.1 Å². The van der Waals surface area contributed by atoms with Crippen LogP contribution in [0.25, 0.3) is 0 Å². The Balaban J connectivity index is 1.77. The average molecular weight is 339 g/mol. The van der Waals surface area contributed by atoms with Gasteiger partial charge in [-0.05, 0) is 55.9 Å². The number of carbonyl (C=O) groups excluding carboxylic acids is 1. The molecule has 0 saturated heterocycles. The number of aryl methyl sites for hydroxylation is 3. The van der Waals surface area contributed by atoms with E-state index in [-0.39, 0.29) is 5.91 Å². The molecule has 1 atom stereocenters. The lowest BCUT2D eigenvalue weighted by molar-refractivity contribution is -0.128. The zero-order valence-electron chi connectivity index (χ0n) is 15.5. The molecule has 0 saturated carbocycles. The van der Waals surface area contributed by atoms with Crippen LogP contribution in [-0.2, 0) is 17.6 Å². The molecule has 0 spiro atoms. The molecule has 0 heterocycles. The van der Waals surface area contributed by atoms with Crippen LogP contribution in [0.2, 0.25) is 0 Å². The summed E-state index contributed by atoms with van der Waals surface area (Å²) < 4.78 is 5.84. The Labute approximate surface area is 151 Å². The summed E-state index contributed by atoms with van der Waals surface area (Å²) in [5, 5.41) is 3.00. The number of hydrogen-bond acceptors (Lipinski definition) is 2. The molecule has 0 unspecified atom stereocenters. The number of ether oxygens (including phenoxy) is 1. The number of amides is 1. The molecule has 0 fully saturated rings. The highest BCUT2D eigenvalue weighted by molar-refractivity contribution is 5.81. The third kappa shape index (κ3) is 6.26. The molecule has 0 aromatic heterocycles. The second kappa shape index (κ2) is 9.87. The minimum absolute atomic E-state index is 0.0358. The van der Waals surface area contributed by atoms with Crippen LogP contribution in [0, 0.1) is 6.92 Å². The van der Waals surface area contributed by atoms with E-state index in [0.29, 0.717) is 13.0 Å². The van der Waals surface area contributed by atoms with Crippen molar-refractivity contribution in [2.75, 3.05) is 6.54 Å². The third-order valence-electron chi connectivity index (χ3n) is 4.30. The van der Waals surface area contributed by atoms with Crippen LogP contribution in [0.3, 0.4) is 0 Å². The maximum atomic E-state index is 12.3. The lowest BCUT2D eigenvalue weighted by Crippen LogP contribution is -2.38. The molecule has 3 heteroatoms. The maximum Gasteiger partial charge on any atom is 0.261 e. The van der Waals surface area contributed by atoms with Crippen molar-refractivity contribution in [3.8, 4) is 5.75 Å². The van der Waals surface area contributed by atoms with Crippen LogP contribution < -0.4 is 10.1 Å². The van der Waals surface area contributed by atoms with Gasteiger partial charge in [0.2, 0.25) is 0 Å². The topological polar surface area (TPSA) is 38.3 Å². The van der Waals surface area contributed by atoms with Crippen LogP contribution in [0.1, 0.15) is 43.4 Å². The lowest BCUT2D eigenvalue weighted by atomic mass is 10.1. The summed E-state index contributed by atoms with van der Waals surface area (Å²) in [7, 11) is 0. The maximum absolute atomic E-state index is 12.3. The normalized spacial score (nSPS) is 11.8. The zero-order valence-corrected chi connectivity index (χ0v) is 15.5. The molecule has 25 heavy (non-hydrogen) atoms. The second-order valence-electron chi connectivity index (χ2n) is 6.40. The van der Waals surface area contributed by atoms with Crippen molar-refractivity contribution < 1.29 is 9.53 Å². The predicted octanol–water partition coefficient (Wildman–Crippen LogP) is 4.46. The van der Waals surface area contributed by atoms with E-state index in [1.54, 1.807) is 0 Å². The number of nitrogens with one attached hydrogen (secondary N) is 1. The first kappa shape index (κ1) is 19.0. The molecular formula is C22H29NO2. The van der Waals surface area contributed by atoms with E-state index in [0.717, 1.165) is 25.0 Å². The standard InChI is InChI=1S/C22H29NO2/c1-4-18-11-13-20(14-12-18)25-21(5-2)22(24)23-15-7-10-19-9-6-8-17(3)16-19/h6,8-9,11-14,16,21H,4-5,7,10,15H2,1-3H3,(H,23,24)/t21-/m1/s1. The van der Waals surface area contributed by atoms with Crippen molar-refractivity contribution in [2.24, 2.45) is 0 Å². The SMILES string of the molecule is CCc1ccc(O[C@H](CC)C(=O)NCCCc2cccc(C)c2)cc1. The average Bonchev–Trinajstić information content (AvgIpc) is 2.63. The Kier molecular flexibility index (Phi) is 7.52. The monoisotopic (exact) mass is 339 g/mol. The van der Waals surface area contributed by atoms with E-state index in [9.17, 15) is 4.79 Å². The van der Waals surface area contributed by atoms with Gasteiger partial charge in [-0.2, -0.15) is 0 Å². The molecule has 2 aromatic carbocycles. The summed E-state index contributed by atoms with van der Waals surface area (Å²) in [6.07, 6.45) is 3.11. The van der Waals surface area contributed by atoms with E-state index in [2.05, 4.69) is 43.4 Å². The van der Waals surface area contributed by atoms with Gasteiger partial charge in [-0.1, -0.05) is 55.8 Å². The quantitative estimate of drug-likeness (QED) is 0.685. The number of rotatable bonds is 9. The summed E-state index contributed by atoms with van der Waals surface area (Å²) in [6, 6.07) is 16.5. The highest BCUT2D eigenvalue weighted by atomic mass is 16.5. The number of carbonyl (C=O) groups is 1. The van der Waals surface area contributed by atoms with Crippen molar-refractivity contribution in [2.45, 2.75) is 52.6 Å². The minimum Gasteiger partial charge on any atom is -0.481 e. The molecule has 0 aliphatic heterocycles. The summed E-state index contributed by atoms with van der Waals surface area (Å²) in [5.41, 5.74) is 3.85. The van der Waals surface area contributed by atoms with Crippen molar-refractivity contribution in [1.82, 2.24) is 5.32 Å². The first-order valence-corrected chi connectivity index (χ1v) is 9.21. The lowest BCUT2D eigenvalue weighted by Gasteiger charge is -2.17. The van der Waals surface area contributed by atoms with Gasteiger partial charge in [0, 0.05) is 6.54 Å². The highest BCUT2D eigenvalue weighted by Crippen LogP contribution is 2.15. The Morgan fingerprint density at radius 2 is 1.84 bits per heavy atom. The zero-order chi connectivity index (χ0) is 18.1. The smallest absolute Gasteiger partial charge is 0.261 e. The fraction of sp³-hybridized carbons (Fsp3) is 0.409. The fourth-order valence-corrected chi connectivity index (χ4v) is 2.78. The van der Waals surface area contributed by atoms with Gasteiger partial charge in [-0.15, -0.1) is 0 Å². The Bertz CT molecular complexity index is 664. The van der Waals surface area contributed by atoms with E-state index in [1.165, 1.54) is 16.7 Å². The summed E-state index contributed by atoms with van der Waals surface area (Å²) >= 11 is 0. The van der Waals surface area contributed by atoms with Gasteiger partial charge in [0.05, 0.1) is 0 Å². The Morgan fingerprint density at radius 3 is 2.48 bits per heavy atom. The van der Waals surface area contributed by atoms with E-state index < -0.39 is 6.10 Å². The van der Waals surface area contributed by atoms with Crippen LogP contribution in [0.4, 0.5) is 0 Å². The summed E-state index contributed by atoms with van der Waals surface area (Å²) in [5.74, 6) is 0.713. The summed E-state index contributed by atoms with van der Waals surface area (Å²) in [4.78, 5) is 12.3. The third-order valence-corrected chi connectivity index (χ3v) is 4.30. The molecule has 1 amide bonds. The molecule has 0 aliphatic carbocycles. The van der Waals surface area contributed by atoms with Gasteiger partial charge in [0.15, 0.2) is 6.10 Å². The van der Waals surface area contributed by atoms with Crippen molar-refractivity contribution in [3.05, 3.63) is 65.2 Å². The number of hydrogen-bond donors (Lipinski definition) is 1. The van der Waals surface area contributed by atoms with Gasteiger partial charge in [-0.25, -0.2) is 0 Å². The van der Waals surface area contributed by atoms with Crippen LogP contribution >= 0.6 is 0 Å². The Morgan fingerprint density at radius 1 is 1.08 bits per heavy atom.